The van der Waals surface area contributed by atoms with E-state index in [4.69, 9.17) is 4.74 Å². The normalized spacial score (nSPS) is 18.2. The zero-order valence-corrected chi connectivity index (χ0v) is 36.8. The molecule has 0 bridgehead atoms. The summed E-state index contributed by atoms with van der Waals surface area (Å²) in [5.74, 6) is -2.37. The van der Waals surface area contributed by atoms with Gasteiger partial charge in [-0.2, -0.15) is 0 Å². The molecule has 0 radical (unpaired) electrons. The van der Waals surface area contributed by atoms with Crippen LogP contribution in [0.2, 0.25) is 0 Å². The molecule has 4 aromatic rings. The van der Waals surface area contributed by atoms with Crippen LogP contribution in [0.3, 0.4) is 0 Å². The van der Waals surface area contributed by atoms with Crippen molar-refractivity contribution >= 4 is 34.4 Å². The standard InChI is InChI=1S/C49H67N7O7/c1-3-32(2)44(49(62)52-29-36-21-12-13-24-51-36)56-47(60)39(25-33-15-6-4-7-16-33)45(58)46(59)40(26-34-17-8-5-9-18-34)55-48(61)41(27-37-28-50-31-53-37)54-43(57)30-63-42-23-14-20-35-19-10-11-22-38(35)42/h10-14,19-24,28,31-34,39-41,44-46,58-59H,3-9,15-18,25-27,29-30H2,1-2H3,(H,50,53)(H,52,62)(H,54,57)(H,55,61)(H,56,60)/t32-,39-,40-,41-,44-,45+,46+/m0/s1. The fraction of sp³-hybridized carbons (Fsp3) is 0.551. The van der Waals surface area contributed by atoms with E-state index in [9.17, 15) is 29.4 Å². The molecule has 2 aliphatic rings. The maximum absolute atomic E-state index is 14.5. The van der Waals surface area contributed by atoms with Gasteiger partial charge in [-0.25, -0.2) is 4.98 Å². The number of hydrogen-bond donors (Lipinski definition) is 7. The molecule has 2 aliphatic carbocycles. The highest BCUT2D eigenvalue weighted by atomic mass is 16.5. The molecule has 7 atom stereocenters. The number of aliphatic hydroxyl groups is 2. The molecule has 7 N–H and O–H groups in total. The van der Waals surface area contributed by atoms with Crippen LogP contribution in [-0.4, -0.2) is 85.7 Å². The van der Waals surface area contributed by atoms with E-state index in [-0.39, 0.29) is 43.2 Å². The predicted octanol–water partition coefficient (Wildman–Crippen LogP) is 5.68. The summed E-state index contributed by atoms with van der Waals surface area (Å²) in [6, 6.07) is 15.8. The molecule has 2 aromatic carbocycles. The number of aliphatic hydroxyl groups excluding tert-OH is 2. The zero-order chi connectivity index (χ0) is 44.6. The molecule has 340 valence electrons. The van der Waals surface area contributed by atoms with Crippen molar-refractivity contribution in [2.45, 2.75) is 141 Å². The van der Waals surface area contributed by atoms with Crippen molar-refractivity contribution in [1.82, 2.24) is 36.2 Å². The molecule has 0 saturated heterocycles. The summed E-state index contributed by atoms with van der Waals surface area (Å²) in [4.78, 5) is 67.5. The third kappa shape index (κ3) is 13.8. The highest BCUT2D eigenvalue weighted by Crippen LogP contribution is 2.34. The Kier molecular flexibility index (Phi) is 17.9. The molecule has 4 amide bonds. The van der Waals surface area contributed by atoms with Crippen LogP contribution in [0, 0.1) is 23.7 Å². The number of ether oxygens (including phenoxy) is 1. The number of aromatic amines is 1. The second-order valence-electron chi connectivity index (χ2n) is 17.8. The number of amides is 4. The number of carbonyl (C=O) groups is 4. The van der Waals surface area contributed by atoms with Crippen molar-refractivity contribution < 1.29 is 34.1 Å². The lowest BCUT2D eigenvalue weighted by atomic mass is 9.77. The number of H-pyrrole nitrogens is 1. The minimum absolute atomic E-state index is 0.0761. The summed E-state index contributed by atoms with van der Waals surface area (Å²) in [6.45, 7) is 3.70. The van der Waals surface area contributed by atoms with Crippen LogP contribution in [0.25, 0.3) is 10.8 Å². The summed E-state index contributed by atoms with van der Waals surface area (Å²) in [5, 5.41) is 38.1. The molecule has 6 rings (SSSR count). The first-order chi connectivity index (χ1) is 30.6. The molecule has 0 unspecified atom stereocenters. The summed E-state index contributed by atoms with van der Waals surface area (Å²) in [5.41, 5.74) is 1.29. The average molecular weight is 866 g/mol. The van der Waals surface area contributed by atoms with Gasteiger partial charge < -0.3 is 41.2 Å². The lowest BCUT2D eigenvalue weighted by Crippen LogP contribution is -2.59. The summed E-state index contributed by atoms with van der Waals surface area (Å²) in [7, 11) is 0. The van der Waals surface area contributed by atoms with E-state index in [1.54, 1.807) is 24.5 Å². The minimum atomic E-state index is -1.57. The van der Waals surface area contributed by atoms with Gasteiger partial charge in [0.1, 0.15) is 23.9 Å². The lowest BCUT2D eigenvalue weighted by Gasteiger charge is -2.37. The fourth-order valence-electron chi connectivity index (χ4n) is 9.29. The van der Waals surface area contributed by atoms with Crippen molar-refractivity contribution in [2.24, 2.45) is 23.7 Å². The summed E-state index contributed by atoms with van der Waals surface area (Å²) in [6.07, 6.45) is 12.9. The number of aromatic nitrogens is 3. The van der Waals surface area contributed by atoms with E-state index >= 15 is 0 Å². The molecule has 14 heteroatoms. The number of carbonyl (C=O) groups excluding carboxylic acids is 4. The van der Waals surface area contributed by atoms with Crippen molar-refractivity contribution in [1.29, 1.82) is 0 Å². The molecule has 14 nitrogen and oxygen atoms in total. The van der Waals surface area contributed by atoms with Crippen LogP contribution in [0.15, 0.2) is 79.4 Å². The Hall–Kier alpha value is -5.34. The van der Waals surface area contributed by atoms with Crippen LogP contribution in [0.5, 0.6) is 5.75 Å². The molecular formula is C49H67N7O7. The first-order valence-corrected chi connectivity index (χ1v) is 23.1. The second kappa shape index (κ2) is 23.9. The number of nitrogens with zero attached hydrogens (tertiary/aromatic N) is 2. The predicted molar refractivity (Wildman–Crippen MR) is 241 cm³/mol. The van der Waals surface area contributed by atoms with Crippen LogP contribution in [0.4, 0.5) is 0 Å². The lowest BCUT2D eigenvalue weighted by molar-refractivity contribution is -0.140. The first-order valence-electron chi connectivity index (χ1n) is 23.1. The van der Waals surface area contributed by atoms with E-state index in [0.29, 0.717) is 36.4 Å². The number of fused-ring (bicyclic) bond motifs is 1. The van der Waals surface area contributed by atoms with E-state index < -0.39 is 54.0 Å². The number of imidazole rings is 1. The van der Waals surface area contributed by atoms with Gasteiger partial charge in [-0.05, 0) is 54.2 Å². The highest BCUT2D eigenvalue weighted by molar-refractivity contribution is 5.91. The molecule has 2 saturated carbocycles. The fourth-order valence-corrected chi connectivity index (χ4v) is 9.29. The SMILES string of the molecule is CC[C@H](C)[C@H](NC(=O)[C@@H](CC1CCCCC1)[C@@H](O)[C@H](O)[C@H](CC1CCCCC1)NC(=O)[C@H](Cc1cnc[nH]1)NC(=O)COc1cccc2ccccc12)C(=O)NCc1ccccn1. The maximum Gasteiger partial charge on any atom is 0.258 e. The monoisotopic (exact) mass is 866 g/mol. The van der Waals surface area contributed by atoms with Crippen LogP contribution < -0.4 is 26.0 Å². The van der Waals surface area contributed by atoms with Gasteiger partial charge in [0.05, 0.1) is 36.6 Å². The third-order valence-electron chi connectivity index (χ3n) is 13.2. The number of nitrogens with one attached hydrogen (secondary N) is 5. The van der Waals surface area contributed by atoms with Gasteiger partial charge in [-0.1, -0.05) is 127 Å². The topological polar surface area (TPSA) is 208 Å². The quantitative estimate of drug-likeness (QED) is 0.0519. The second-order valence-corrected chi connectivity index (χ2v) is 17.8. The van der Waals surface area contributed by atoms with Gasteiger partial charge in [0, 0.05) is 29.9 Å². The van der Waals surface area contributed by atoms with Crippen LogP contribution in [-0.2, 0) is 32.1 Å². The number of benzene rings is 2. The largest absolute Gasteiger partial charge is 0.483 e. The average Bonchev–Trinajstić information content (AvgIpc) is 3.84. The van der Waals surface area contributed by atoms with Crippen molar-refractivity contribution in [2.75, 3.05) is 6.61 Å². The van der Waals surface area contributed by atoms with E-state index in [2.05, 4.69) is 36.2 Å². The van der Waals surface area contributed by atoms with Gasteiger partial charge in [-0.3, -0.25) is 24.2 Å². The van der Waals surface area contributed by atoms with E-state index in [1.165, 1.54) is 6.33 Å². The molecule has 2 aromatic heterocycles. The van der Waals surface area contributed by atoms with Crippen molar-refractivity contribution in [3.05, 3.63) is 90.8 Å². The molecule has 0 aliphatic heterocycles. The Morgan fingerprint density at radius 2 is 1.49 bits per heavy atom. The van der Waals surface area contributed by atoms with E-state index in [1.807, 2.05) is 62.4 Å². The number of pyridine rings is 1. The first kappa shape index (κ1) is 47.1. The van der Waals surface area contributed by atoms with Gasteiger partial charge in [0.25, 0.3) is 5.91 Å². The van der Waals surface area contributed by atoms with Gasteiger partial charge in [0.15, 0.2) is 6.61 Å². The minimum Gasteiger partial charge on any atom is -0.483 e. The van der Waals surface area contributed by atoms with Crippen LogP contribution >= 0.6 is 0 Å². The van der Waals surface area contributed by atoms with Gasteiger partial charge in [-0.15, -0.1) is 0 Å². The van der Waals surface area contributed by atoms with Crippen molar-refractivity contribution in [3.8, 4) is 5.75 Å². The maximum atomic E-state index is 14.5. The van der Waals surface area contributed by atoms with Crippen molar-refractivity contribution in [3.63, 3.8) is 0 Å². The molecule has 2 heterocycles. The van der Waals surface area contributed by atoms with Gasteiger partial charge >= 0.3 is 0 Å². The Morgan fingerprint density at radius 3 is 2.17 bits per heavy atom. The Morgan fingerprint density at radius 1 is 0.794 bits per heavy atom. The number of rotatable bonds is 22. The summed E-state index contributed by atoms with van der Waals surface area (Å²) >= 11 is 0. The Bertz CT molecular complexity index is 2030. The summed E-state index contributed by atoms with van der Waals surface area (Å²) < 4.78 is 5.95. The van der Waals surface area contributed by atoms with Crippen LogP contribution in [0.1, 0.15) is 109 Å². The molecule has 2 fully saturated rings. The highest BCUT2D eigenvalue weighted by Gasteiger charge is 2.41. The van der Waals surface area contributed by atoms with E-state index in [0.717, 1.165) is 75.0 Å². The van der Waals surface area contributed by atoms with Gasteiger partial charge in [0.2, 0.25) is 17.7 Å². The molecule has 63 heavy (non-hydrogen) atoms. The molecule has 0 spiro atoms. The molecular weight excluding hydrogens is 799 g/mol. The zero-order valence-electron chi connectivity index (χ0n) is 36.8. The third-order valence-corrected chi connectivity index (χ3v) is 13.2. The number of hydrogen-bond acceptors (Lipinski definition) is 9. The Balaban J connectivity index is 1.21. The smallest absolute Gasteiger partial charge is 0.258 e. The Labute approximate surface area is 371 Å².